The fourth-order valence-corrected chi connectivity index (χ4v) is 5.56. The van der Waals surface area contributed by atoms with Gasteiger partial charge in [0.2, 0.25) is 0 Å². The van der Waals surface area contributed by atoms with Crippen LogP contribution in [0.3, 0.4) is 0 Å². The first kappa shape index (κ1) is 19.3. The molecule has 0 saturated heterocycles. The standard InChI is InChI=1S/4C2H4O2.ClH.Sn/c4*1-2(3)4;;/h4*1H3,(H,3,4);1H;/q;;;;;+4/p-4. The molecule has 0 aliphatic carbocycles. The van der Waals surface area contributed by atoms with Crippen LogP contribution < -0.4 is 0 Å². The largest absolute Gasteiger partial charge is 0.147 e. The molecule has 104 valence electrons. The molecule has 0 rings (SSSR count). The van der Waals surface area contributed by atoms with Crippen LogP contribution in [0.25, 0.3) is 0 Å². The van der Waals surface area contributed by atoms with Crippen LogP contribution >= 0.6 is 12.4 Å². The van der Waals surface area contributed by atoms with Gasteiger partial charge >= 0.3 is 103 Å². The summed E-state index contributed by atoms with van der Waals surface area (Å²) in [7, 11) is 0. The summed E-state index contributed by atoms with van der Waals surface area (Å²) in [6.45, 7) is 4.01. The minimum absolute atomic E-state index is 0. The second kappa shape index (κ2) is 8.14. The van der Waals surface area contributed by atoms with Crippen LogP contribution in [0, 0.1) is 0 Å². The van der Waals surface area contributed by atoms with E-state index in [1.807, 2.05) is 0 Å². The van der Waals surface area contributed by atoms with Crippen LogP contribution in [-0.4, -0.2) is 43.9 Å². The number of halogens is 1. The van der Waals surface area contributed by atoms with Crippen LogP contribution in [-0.2, 0) is 31.5 Å². The second-order valence-corrected chi connectivity index (χ2v) is 8.06. The molecule has 10 heteroatoms. The van der Waals surface area contributed by atoms with Gasteiger partial charge in [0.05, 0.1) is 0 Å². The van der Waals surface area contributed by atoms with Crippen LogP contribution in [0.2, 0.25) is 0 Å². The van der Waals surface area contributed by atoms with E-state index in [1.54, 1.807) is 0 Å². The van der Waals surface area contributed by atoms with Crippen LogP contribution in [0.4, 0.5) is 0 Å². The molecule has 0 aromatic rings. The van der Waals surface area contributed by atoms with E-state index in [-0.39, 0.29) is 12.4 Å². The fraction of sp³-hybridized carbons (Fsp3) is 0.500. The van der Waals surface area contributed by atoms with Crippen LogP contribution in [0.15, 0.2) is 0 Å². The van der Waals surface area contributed by atoms with Crippen LogP contribution in [0.1, 0.15) is 27.7 Å². The van der Waals surface area contributed by atoms with E-state index >= 15 is 0 Å². The number of rotatable bonds is 4. The van der Waals surface area contributed by atoms with E-state index < -0.39 is 43.9 Å². The van der Waals surface area contributed by atoms with Gasteiger partial charge in [0.15, 0.2) is 0 Å². The Kier molecular flexibility index (Phi) is 8.73. The fourth-order valence-electron chi connectivity index (χ4n) is 0.829. The van der Waals surface area contributed by atoms with E-state index in [1.165, 1.54) is 0 Å². The summed E-state index contributed by atoms with van der Waals surface area (Å²) in [6, 6.07) is 0. The maximum atomic E-state index is 10.9. The molecule has 0 amide bonds. The van der Waals surface area contributed by atoms with Gasteiger partial charge in [-0.25, -0.2) is 0 Å². The summed E-state index contributed by atoms with van der Waals surface area (Å²) in [5.74, 6) is -3.54. The molecule has 0 radical (unpaired) electrons. The van der Waals surface area contributed by atoms with Gasteiger partial charge in [-0.2, -0.15) is 0 Å². The van der Waals surface area contributed by atoms with Gasteiger partial charge in [-0.1, -0.05) is 0 Å². The molecule has 0 spiro atoms. The van der Waals surface area contributed by atoms with Gasteiger partial charge in [0, 0.05) is 0 Å². The third-order valence-corrected chi connectivity index (χ3v) is 7.21. The second-order valence-electron chi connectivity index (χ2n) is 2.87. The Labute approximate surface area is 115 Å². The van der Waals surface area contributed by atoms with Crippen LogP contribution in [0.5, 0.6) is 0 Å². The molecular formula is C8H13ClO8Sn. The first-order chi connectivity index (χ1) is 7.67. The molecule has 0 aliphatic rings. The SMILES string of the molecule is CC(=O)[O][Sn]([O]C(C)=O)([O]C(C)=O)[O]C(C)=O.Cl. The van der Waals surface area contributed by atoms with Crippen molar-refractivity contribution in [3.8, 4) is 0 Å². The summed E-state index contributed by atoms with van der Waals surface area (Å²) in [6.07, 6.45) is 0. The predicted molar refractivity (Wildman–Crippen MR) is 60.1 cm³/mol. The van der Waals surface area contributed by atoms with Gasteiger partial charge < -0.3 is 0 Å². The first-order valence-electron chi connectivity index (χ1n) is 4.45. The number of carbonyl (C=O) groups excluding carboxylic acids is 4. The van der Waals surface area contributed by atoms with E-state index in [2.05, 4.69) is 12.3 Å². The summed E-state index contributed by atoms with van der Waals surface area (Å²) < 4.78 is 18.4. The smallest absolute Gasteiger partial charge is 0.147 e. The minimum Gasteiger partial charge on any atom is -0.147 e. The molecule has 8 nitrogen and oxygen atoms in total. The van der Waals surface area contributed by atoms with Gasteiger partial charge in [0.1, 0.15) is 0 Å². The van der Waals surface area contributed by atoms with Crippen molar-refractivity contribution in [2.75, 3.05) is 0 Å². The monoisotopic (exact) mass is 392 g/mol. The molecule has 0 atom stereocenters. The van der Waals surface area contributed by atoms with E-state index in [4.69, 9.17) is 0 Å². The van der Waals surface area contributed by atoms with Crippen molar-refractivity contribution in [3.05, 3.63) is 0 Å². The Morgan fingerprint density at radius 2 is 0.778 bits per heavy atom. The van der Waals surface area contributed by atoms with Crippen molar-refractivity contribution >= 4 is 56.3 Å². The molecule has 0 bridgehead atoms. The topological polar surface area (TPSA) is 105 Å². The maximum absolute atomic E-state index is 10.9. The number of hydrogen-bond donors (Lipinski definition) is 0. The molecule has 0 aliphatic heterocycles. The summed E-state index contributed by atoms with van der Waals surface area (Å²) in [4.78, 5) is 43.4. The molecule has 0 fully saturated rings. The van der Waals surface area contributed by atoms with E-state index in [0.717, 1.165) is 27.7 Å². The summed E-state index contributed by atoms with van der Waals surface area (Å²) in [5.41, 5.74) is 0. The number of hydrogen-bond acceptors (Lipinski definition) is 8. The Morgan fingerprint density at radius 3 is 0.889 bits per heavy atom. The van der Waals surface area contributed by atoms with Crippen molar-refractivity contribution in [2.24, 2.45) is 0 Å². The molecule has 0 aromatic heterocycles. The molecule has 0 aromatic carbocycles. The molecule has 0 N–H and O–H groups in total. The average molecular weight is 391 g/mol. The summed E-state index contributed by atoms with van der Waals surface area (Å²) >= 11 is -5.28. The Hall–Kier alpha value is -1.03. The van der Waals surface area contributed by atoms with Crippen molar-refractivity contribution in [1.82, 2.24) is 0 Å². The van der Waals surface area contributed by atoms with Crippen molar-refractivity contribution in [2.45, 2.75) is 27.7 Å². The molecule has 0 unspecified atom stereocenters. The Morgan fingerprint density at radius 1 is 0.611 bits per heavy atom. The summed E-state index contributed by atoms with van der Waals surface area (Å²) in [5, 5.41) is 0. The molecule has 18 heavy (non-hydrogen) atoms. The van der Waals surface area contributed by atoms with Gasteiger partial charge in [-0.3, -0.25) is 0 Å². The van der Waals surface area contributed by atoms with Crippen molar-refractivity contribution < 1.29 is 31.5 Å². The van der Waals surface area contributed by atoms with Gasteiger partial charge in [0.25, 0.3) is 0 Å². The molecule has 0 heterocycles. The van der Waals surface area contributed by atoms with E-state index in [0.29, 0.717) is 0 Å². The molecule has 0 saturated carbocycles. The average Bonchev–Trinajstić information content (AvgIpc) is 1.95. The third-order valence-electron chi connectivity index (χ3n) is 1.07. The zero-order valence-corrected chi connectivity index (χ0v) is 13.8. The Bertz CT molecular complexity index is 285. The van der Waals surface area contributed by atoms with Crippen molar-refractivity contribution in [3.63, 3.8) is 0 Å². The predicted octanol–water partition coefficient (Wildman–Crippen LogP) is 0.0962. The van der Waals surface area contributed by atoms with Gasteiger partial charge in [-0.05, 0) is 0 Å². The van der Waals surface area contributed by atoms with Gasteiger partial charge in [-0.15, -0.1) is 12.4 Å². The maximum Gasteiger partial charge on any atom is -0.147 e. The van der Waals surface area contributed by atoms with Crippen molar-refractivity contribution in [1.29, 1.82) is 0 Å². The third kappa shape index (κ3) is 8.12. The minimum atomic E-state index is -5.28. The van der Waals surface area contributed by atoms with E-state index in [9.17, 15) is 19.2 Å². The zero-order valence-electron chi connectivity index (χ0n) is 10.2. The quantitative estimate of drug-likeness (QED) is 0.621. The Balaban J connectivity index is 0. The normalized spacial score (nSPS) is 9.56. The molecular weight excluding hydrogens is 378 g/mol. The number of carbonyl (C=O) groups is 4. The first-order valence-corrected chi connectivity index (χ1v) is 9.11. The zero-order chi connectivity index (χ0) is 13.6.